The molecule has 2 rings (SSSR count). The Balaban J connectivity index is 2.21. The summed E-state index contributed by atoms with van der Waals surface area (Å²) in [6, 6.07) is 14.0. The van der Waals surface area contributed by atoms with Gasteiger partial charge < -0.3 is 10.0 Å². The maximum atomic E-state index is 11.9. The van der Waals surface area contributed by atoms with Crippen molar-refractivity contribution in [2.75, 3.05) is 19.6 Å². The number of hydrogen-bond donors (Lipinski definition) is 1. The van der Waals surface area contributed by atoms with E-state index in [4.69, 9.17) is 0 Å². The van der Waals surface area contributed by atoms with Crippen LogP contribution in [0, 0.1) is 10.1 Å². The Morgan fingerprint density at radius 1 is 1.16 bits per heavy atom. The van der Waals surface area contributed by atoms with Gasteiger partial charge in [-0.05, 0) is 19.4 Å². The van der Waals surface area contributed by atoms with Gasteiger partial charge in [0.2, 0.25) is 0 Å². The fourth-order valence-electron chi connectivity index (χ4n) is 2.91. The van der Waals surface area contributed by atoms with E-state index < -0.39 is 4.92 Å². The Bertz CT molecular complexity index is 728. The lowest BCUT2D eigenvalue weighted by Crippen LogP contribution is -3.12. The van der Waals surface area contributed by atoms with Crippen LogP contribution in [0.4, 0.5) is 5.69 Å². The van der Waals surface area contributed by atoms with Gasteiger partial charge in [0, 0.05) is 23.9 Å². The van der Waals surface area contributed by atoms with Crippen molar-refractivity contribution in [1.82, 2.24) is 0 Å². The van der Waals surface area contributed by atoms with Crippen molar-refractivity contribution in [3.63, 3.8) is 0 Å². The molecule has 6 heteroatoms. The summed E-state index contributed by atoms with van der Waals surface area (Å²) in [5.74, 6) is -0.263. The minimum absolute atomic E-state index is 0.102. The molecular formula is C19H23N3O3. The number of non-ortho nitro benzene ring substituents is 1. The number of aliphatic imine (C=N–C) groups is 1. The first-order chi connectivity index (χ1) is 12.1. The van der Waals surface area contributed by atoms with E-state index in [9.17, 15) is 15.2 Å². The quantitative estimate of drug-likeness (QED) is 0.451. The highest BCUT2D eigenvalue weighted by Gasteiger charge is 2.20. The van der Waals surface area contributed by atoms with Crippen molar-refractivity contribution >= 4 is 11.9 Å². The lowest BCUT2D eigenvalue weighted by molar-refractivity contribution is -0.926. The van der Waals surface area contributed by atoms with E-state index in [0.717, 1.165) is 13.1 Å². The van der Waals surface area contributed by atoms with Crippen LogP contribution in [0.5, 0.6) is 5.75 Å². The average molecular weight is 341 g/mol. The normalized spacial score (nSPS) is 12.6. The molecule has 0 fully saturated rings. The number of quaternary nitrogens is 1. The summed E-state index contributed by atoms with van der Waals surface area (Å²) >= 11 is 0. The predicted octanol–water partition coefficient (Wildman–Crippen LogP) is 1.75. The molecule has 2 aromatic carbocycles. The van der Waals surface area contributed by atoms with Crippen LogP contribution in [-0.4, -0.2) is 30.8 Å². The van der Waals surface area contributed by atoms with Crippen molar-refractivity contribution < 1.29 is 14.9 Å². The van der Waals surface area contributed by atoms with Crippen LogP contribution >= 0.6 is 0 Å². The molecule has 0 aliphatic carbocycles. The number of benzene rings is 2. The van der Waals surface area contributed by atoms with E-state index in [1.54, 1.807) is 0 Å². The first-order valence-corrected chi connectivity index (χ1v) is 8.41. The maximum Gasteiger partial charge on any atom is 0.270 e. The van der Waals surface area contributed by atoms with Gasteiger partial charge in [-0.2, -0.15) is 0 Å². The molecule has 0 aliphatic rings. The molecule has 0 saturated heterocycles. The standard InChI is InChI=1S/C19H23N3O3/c1-3-21(4-2)18(15-8-6-5-7-9-15)14-20-13-16-12-17(22(24)25)10-11-19(16)23/h5-13,18,23H,3-4,14H2,1-2H3/t18-/m1/s1. The topological polar surface area (TPSA) is 83.0 Å². The Morgan fingerprint density at radius 3 is 2.44 bits per heavy atom. The first-order valence-electron chi connectivity index (χ1n) is 8.41. The first kappa shape index (κ1) is 18.6. The van der Waals surface area contributed by atoms with Crippen LogP contribution in [0.3, 0.4) is 0 Å². The summed E-state index contributed by atoms with van der Waals surface area (Å²) in [4.78, 5) is 16.2. The summed E-state index contributed by atoms with van der Waals surface area (Å²) in [5, 5.41) is 22.7. The minimum Gasteiger partial charge on any atom is -0.872 e. The van der Waals surface area contributed by atoms with Crippen LogP contribution in [0.25, 0.3) is 0 Å². The molecule has 0 unspecified atom stereocenters. The molecule has 0 saturated carbocycles. The molecular weight excluding hydrogens is 318 g/mol. The highest BCUT2D eigenvalue weighted by atomic mass is 16.6. The molecule has 0 radical (unpaired) electrons. The van der Waals surface area contributed by atoms with Crippen molar-refractivity contribution in [2.45, 2.75) is 19.9 Å². The van der Waals surface area contributed by atoms with Crippen LogP contribution in [-0.2, 0) is 0 Å². The summed E-state index contributed by atoms with van der Waals surface area (Å²) in [5.41, 5.74) is 1.34. The zero-order valence-corrected chi connectivity index (χ0v) is 14.5. The maximum absolute atomic E-state index is 11.9. The Labute approximate surface area is 147 Å². The van der Waals surface area contributed by atoms with Crippen LogP contribution in [0.1, 0.15) is 31.0 Å². The molecule has 25 heavy (non-hydrogen) atoms. The van der Waals surface area contributed by atoms with E-state index >= 15 is 0 Å². The monoisotopic (exact) mass is 341 g/mol. The zero-order valence-electron chi connectivity index (χ0n) is 14.5. The third-order valence-electron chi connectivity index (χ3n) is 4.33. The minimum atomic E-state index is -0.510. The third kappa shape index (κ3) is 4.87. The van der Waals surface area contributed by atoms with Gasteiger partial charge in [0.25, 0.3) is 5.69 Å². The van der Waals surface area contributed by atoms with Gasteiger partial charge in [-0.1, -0.05) is 42.1 Å². The largest absolute Gasteiger partial charge is 0.872 e. The van der Waals surface area contributed by atoms with E-state index in [-0.39, 0.29) is 23.0 Å². The zero-order chi connectivity index (χ0) is 18.2. The molecule has 6 nitrogen and oxygen atoms in total. The summed E-state index contributed by atoms with van der Waals surface area (Å²) in [6.07, 6.45) is 1.45. The van der Waals surface area contributed by atoms with Crippen LogP contribution in [0.2, 0.25) is 0 Å². The van der Waals surface area contributed by atoms with Gasteiger partial charge in [-0.3, -0.25) is 15.1 Å². The van der Waals surface area contributed by atoms with E-state index in [0.29, 0.717) is 6.54 Å². The predicted molar refractivity (Wildman–Crippen MR) is 96.2 cm³/mol. The van der Waals surface area contributed by atoms with Crippen molar-refractivity contribution in [1.29, 1.82) is 0 Å². The SMILES string of the molecule is CC[NH+](CC)[C@H](CN=Cc1cc([N+](=O)[O-])ccc1[O-])c1ccccc1. The summed E-state index contributed by atoms with van der Waals surface area (Å²) in [7, 11) is 0. The second-order valence-electron chi connectivity index (χ2n) is 5.80. The third-order valence-corrected chi connectivity index (χ3v) is 4.33. The van der Waals surface area contributed by atoms with Gasteiger partial charge >= 0.3 is 0 Å². The smallest absolute Gasteiger partial charge is 0.270 e. The number of nitrogens with zero attached hydrogens (tertiary/aromatic N) is 2. The molecule has 0 aliphatic heterocycles. The molecule has 1 N–H and O–H groups in total. The van der Waals surface area contributed by atoms with Gasteiger partial charge in [-0.15, -0.1) is 0 Å². The fraction of sp³-hybridized carbons (Fsp3) is 0.316. The van der Waals surface area contributed by atoms with Gasteiger partial charge in [0.15, 0.2) is 0 Å². The highest BCUT2D eigenvalue weighted by molar-refractivity contribution is 5.84. The number of rotatable bonds is 8. The van der Waals surface area contributed by atoms with E-state index in [1.165, 1.54) is 34.9 Å². The second-order valence-corrected chi connectivity index (χ2v) is 5.80. The van der Waals surface area contributed by atoms with Crippen LogP contribution in [0.15, 0.2) is 53.5 Å². The molecule has 1 atom stereocenters. The number of nitro benzene ring substituents is 1. The Kier molecular flexibility index (Phi) is 6.65. The lowest BCUT2D eigenvalue weighted by Gasteiger charge is -2.25. The molecule has 132 valence electrons. The van der Waals surface area contributed by atoms with Gasteiger partial charge in [0.05, 0.1) is 24.6 Å². The Morgan fingerprint density at radius 2 is 1.84 bits per heavy atom. The van der Waals surface area contributed by atoms with Crippen molar-refractivity contribution in [3.8, 4) is 5.75 Å². The van der Waals surface area contributed by atoms with Crippen molar-refractivity contribution in [3.05, 3.63) is 69.8 Å². The van der Waals surface area contributed by atoms with E-state index in [1.807, 2.05) is 18.2 Å². The van der Waals surface area contributed by atoms with Gasteiger partial charge in [-0.25, -0.2) is 0 Å². The molecule has 0 aromatic heterocycles. The molecule has 2 aromatic rings. The average Bonchev–Trinajstić information content (AvgIpc) is 2.63. The molecule has 0 spiro atoms. The lowest BCUT2D eigenvalue weighted by atomic mass is 10.1. The second kappa shape index (κ2) is 8.94. The number of hydrogen-bond acceptors (Lipinski definition) is 4. The molecule has 0 amide bonds. The number of nitrogens with one attached hydrogen (secondary N) is 1. The highest BCUT2D eigenvalue weighted by Crippen LogP contribution is 2.19. The van der Waals surface area contributed by atoms with E-state index in [2.05, 4.69) is 31.0 Å². The summed E-state index contributed by atoms with van der Waals surface area (Å²) < 4.78 is 0. The van der Waals surface area contributed by atoms with Crippen molar-refractivity contribution in [2.24, 2.45) is 4.99 Å². The molecule has 0 bridgehead atoms. The Hall–Kier alpha value is -2.73. The number of likely N-dealkylation sites (N-methyl/N-ethyl adjacent to an activating group) is 1. The van der Waals surface area contributed by atoms with Gasteiger partial charge in [0.1, 0.15) is 6.04 Å². The molecule has 0 heterocycles. The number of nitro groups is 1. The summed E-state index contributed by atoms with van der Waals surface area (Å²) in [6.45, 7) is 6.72. The van der Waals surface area contributed by atoms with Crippen LogP contribution < -0.4 is 10.0 Å². The fourth-order valence-corrected chi connectivity index (χ4v) is 2.91.